The first-order chi connectivity index (χ1) is 9.84. The van der Waals surface area contributed by atoms with E-state index in [1.165, 1.54) is 0 Å². The minimum atomic E-state index is 0.109. The molecule has 20 heavy (non-hydrogen) atoms. The number of hydrogen-bond acceptors (Lipinski definition) is 4. The second-order valence-electron chi connectivity index (χ2n) is 4.75. The first kappa shape index (κ1) is 12.2. The summed E-state index contributed by atoms with van der Waals surface area (Å²) in [6.07, 6.45) is 1.04. The fraction of sp³-hybridized carbons (Fsp3) is 0.200. The highest BCUT2D eigenvalue weighted by atomic mass is 32.2. The van der Waals surface area contributed by atoms with Gasteiger partial charge in [0.25, 0.3) is 5.56 Å². The number of nitrogens with zero attached hydrogens (tertiary/aromatic N) is 2. The van der Waals surface area contributed by atoms with Crippen molar-refractivity contribution in [2.45, 2.75) is 18.1 Å². The monoisotopic (exact) mass is 300 g/mol. The lowest BCUT2D eigenvalue weighted by molar-refractivity contribution is 0.572. The molecule has 0 saturated carbocycles. The Morgan fingerprint density at radius 1 is 1.20 bits per heavy atom. The lowest BCUT2D eigenvalue weighted by Crippen LogP contribution is -2.25. The number of hydrogen-bond donors (Lipinski definition) is 0. The lowest BCUT2D eigenvalue weighted by atomic mass is 10.1. The highest BCUT2D eigenvalue weighted by Gasteiger charge is 2.19. The van der Waals surface area contributed by atoms with Gasteiger partial charge in [-0.25, -0.2) is 4.98 Å². The molecule has 0 spiro atoms. The zero-order chi connectivity index (χ0) is 13.5. The van der Waals surface area contributed by atoms with Crippen LogP contribution in [-0.2, 0) is 6.54 Å². The minimum absolute atomic E-state index is 0.109. The maximum atomic E-state index is 12.7. The van der Waals surface area contributed by atoms with Gasteiger partial charge in [0.1, 0.15) is 4.83 Å². The van der Waals surface area contributed by atoms with Gasteiger partial charge in [-0.2, -0.15) is 0 Å². The van der Waals surface area contributed by atoms with Crippen LogP contribution in [0.3, 0.4) is 0 Å². The fourth-order valence-corrected chi connectivity index (χ4v) is 4.47. The van der Waals surface area contributed by atoms with Crippen molar-refractivity contribution in [3.63, 3.8) is 0 Å². The summed E-state index contributed by atoms with van der Waals surface area (Å²) in [6.45, 7) is 0.786. The van der Waals surface area contributed by atoms with E-state index in [0.29, 0.717) is 0 Å². The van der Waals surface area contributed by atoms with E-state index >= 15 is 0 Å². The molecule has 0 atom stereocenters. The standard InChI is InChI=1S/C15H12N2OS2/c18-14-12-11(10-5-2-1-3-6-10)9-20-13(12)16-15-17(14)7-4-8-19-15/h1-3,5-6,9H,4,7-8H2. The van der Waals surface area contributed by atoms with Crippen LogP contribution in [0, 0.1) is 0 Å². The molecule has 0 aliphatic carbocycles. The third-order valence-corrected chi connectivity index (χ3v) is 5.44. The van der Waals surface area contributed by atoms with Crippen LogP contribution in [0.5, 0.6) is 0 Å². The number of rotatable bonds is 1. The quantitative estimate of drug-likeness (QED) is 0.644. The van der Waals surface area contributed by atoms with Crippen molar-refractivity contribution in [2.75, 3.05) is 5.75 Å². The van der Waals surface area contributed by atoms with Gasteiger partial charge in [-0.15, -0.1) is 11.3 Å². The predicted octanol–water partition coefficient (Wildman–Crippen LogP) is 3.62. The summed E-state index contributed by atoms with van der Waals surface area (Å²) < 4.78 is 1.83. The summed E-state index contributed by atoms with van der Waals surface area (Å²) in [5.74, 6) is 1.05. The van der Waals surface area contributed by atoms with Gasteiger partial charge in [0.05, 0.1) is 5.39 Å². The molecule has 5 heteroatoms. The molecule has 3 nitrogen and oxygen atoms in total. The highest BCUT2D eigenvalue weighted by molar-refractivity contribution is 7.99. The van der Waals surface area contributed by atoms with Gasteiger partial charge in [-0.05, 0) is 12.0 Å². The van der Waals surface area contributed by atoms with E-state index in [4.69, 9.17) is 0 Å². The molecule has 100 valence electrons. The van der Waals surface area contributed by atoms with E-state index in [-0.39, 0.29) is 5.56 Å². The third kappa shape index (κ3) is 1.81. The Hall–Kier alpha value is -1.59. The van der Waals surface area contributed by atoms with Gasteiger partial charge in [0, 0.05) is 23.2 Å². The van der Waals surface area contributed by atoms with E-state index in [0.717, 1.165) is 45.2 Å². The number of benzene rings is 1. The van der Waals surface area contributed by atoms with E-state index < -0.39 is 0 Å². The van der Waals surface area contributed by atoms with Gasteiger partial charge in [0.2, 0.25) is 0 Å². The van der Waals surface area contributed by atoms with Crippen molar-refractivity contribution < 1.29 is 0 Å². The van der Waals surface area contributed by atoms with Crippen molar-refractivity contribution in [3.05, 3.63) is 46.1 Å². The molecule has 3 heterocycles. The molecule has 1 aliphatic rings. The Bertz CT molecular complexity index is 836. The summed E-state index contributed by atoms with van der Waals surface area (Å²) in [5, 5.41) is 3.69. The molecule has 1 aromatic carbocycles. The molecule has 4 rings (SSSR count). The van der Waals surface area contributed by atoms with Crippen LogP contribution < -0.4 is 5.56 Å². The van der Waals surface area contributed by atoms with Gasteiger partial charge in [-0.1, -0.05) is 42.1 Å². The lowest BCUT2D eigenvalue weighted by Gasteiger charge is -2.16. The largest absolute Gasteiger partial charge is 0.287 e. The van der Waals surface area contributed by atoms with Crippen molar-refractivity contribution in [2.24, 2.45) is 0 Å². The van der Waals surface area contributed by atoms with Gasteiger partial charge < -0.3 is 0 Å². The molecule has 0 bridgehead atoms. The predicted molar refractivity (Wildman–Crippen MR) is 84.7 cm³/mol. The smallest absolute Gasteiger partial charge is 0.263 e. The SMILES string of the molecule is O=c1c2c(-c3ccccc3)csc2nc2n1CCCS2. The Kier molecular flexibility index (Phi) is 2.89. The van der Waals surface area contributed by atoms with Gasteiger partial charge in [-0.3, -0.25) is 9.36 Å². The number of fused-ring (bicyclic) bond motifs is 2. The Labute approximate surface area is 124 Å². The molecule has 0 saturated heterocycles. The van der Waals surface area contributed by atoms with Crippen LogP contribution in [0.1, 0.15) is 6.42 Å². The van der Waals surface area contributed by atoms with Crippen LogP contribution in [-0.4, -0.2) is 15.3 Å². The average Bonchev–Trinajstić information content (AvgIpc) is 2.92. The topological polar surface area (TPSA) is 34.9 Å². The van der Waals surface area contributed by atoms with E-state index in [9.17, 15) is 4.79 Å². The third-order valence-electron chi connectivity index (χ3n) is 3.50. The average molecular weight is 300 g/mol. The second-order valence-corrected chi connectivity index (χ2v) is 6.67. The maximum absolute atomic E-state index is 12.7. The molecule has 2 aromatic heterocycles. The van der Waals surface area contributed by atoms with Crippen molar-refractivity contribution in [1.82, 2.24) is 9.55 Å². The maximum Gasteiger partial charge on any atom is 0.263 e. The summed E-state index contributed by atoms with van der Waals surface area (Å²) >= 11 is 3.24. The minimum Gasteiger partial charge on any atom is -0.287 e. The summed E-state index contributed by atoms with van der Waals surface area (Å²) in [6, 6.07) is 10.1. The molecule has 0 N–H and O–H groups in total. The molecular formula is C15H12N2OS2. The van der Waals surface area contributed by atoms with E-state index in [2.05, 4.69) is 4.98 Å². The van der Waals surface area contributed by atoms with Crippen molar-refractivity contribution in [3.8, 4) is 11.1 Å². The van der Waals surface area contributed by atoms with Crippen molar-refractivity contribution >= 4 is 33.3 Å². The number of thioether (sulfide) groups is 1. The summed E-state index contributed by atoms with van der Waals surface area (Å²) in [7, 11) is 0. The first-order valence-corrected chi connectivity index (χ1v) is 8.41. The summed E-state index contributed by atoms with van der Waals surface area (Å²) in [5.41, 5.74) is 2.20. The molecule has 0 amide bonds. The van der Waals surface area contributed by atoms with Crippen LogP contribution in [0.15, 0.2) is 45.7 Å². The molecule has 0 radical (unpaired) electrons. The normalized spacial score (nSPS) is 14.4. The van der Waals surface area contributed by atoms with Crippen LogP contribution in [0.25, 0.3) is 21.3 Å². The second kappa shape index (κ2) is 4.75. The van der Waals surface area contributed by atoms with Gasteiger partial charge >= 0.3 is 0 Å². The Morgan fingerprint density at radius 3 is 2.90 bits per heavy atom. The first-order valence-electron chi connectivity index (χ1n) is 6.55. The molecular weight excluding hydrogens is 288 g/mol. The Morgan fingerprint density at radius 2 is 2.05 bits per heavy atom. The van der Waals surface area contributed by atoms with E-state index in [1.807, 2.05) is 40.3 Å². The Balaban J connectivity index is 2.04. The summed E-state index contributed by atoms with van der Waals surface area (Å²) in [4.78, 5) is 18.3. The van der Waals surface area contributed by atoms with Crippen LogP contribution in [0.2, 0.25) is 0 Å². The zero-order valence-electron chi connectivity index (χ0n) is 10.7. The van der Waals surface area contributed by atoms with Crippen LogP contribution >= 0.6 is 23.1 Å². The van der Waals surface area contributed by atoms with Crippen LogP contribution in [0.4, 0.5) is 0 Å². The van der Waals surface area contributed by atoms with E-state index in [1.54, 1.807) is 23.1 Å². The zero-order valence-corrected chi connectivity index (χ0v) is 12.3. The highest BCUT2D eigenvalue weighted by Crippen LogP contribution is 2.32. The van der Waals surface area contributed by atoms with Gasteiger partial charge in [0.15, 0.2) is 5.16 Å². The number of thiophene rings is 1. The molecule has 0 unspecified atom stereocenters. The molecule has 3 aromatic rings. The number of aromatic nitrogens is 2. The molecule has 1 aliphatic heterocycles. The fourth-order valence-electron chi connectivity index (χ4n) is 2.53. The van der Waals surface area contributed by atoms with Crippen molar-refractivity contribution in [1.29, 1.82) is 0 Å². The molecule has 0 fully saturated rings.